The molecule has 1 aromatic heterocycles. The Morgan fingerprint density at radius 2 is 2.07 bits per heavy atom. The number of aromatic nitrogens is 2. The van der Waals surface area contributed by atoms with Crippen LogP contribution in [0.5, 0.6) is 0 Å². The fraction of sp³-hybridized carbons (Fsp3) is 0.250. The van der Waals surface area contributed by atoms with Gasteiger partial charge in [-0.05, 0) is 5.56 Å². The van der Waals surface area contributed by atoms with E-state index in [0.29, 0.717) is 4.83 Å². The summed E-state index contributed by atoms with van der Waals surface area (Å²) < 4.78 is 2.05. The van der Waals surface area contributed by atoms with E-state index < -0.39 is 0 Å². The number of alkyl halides is 1. The Kier molecular flexibility index (Phi) is 3.21. The number of imidazole rings is 1. The highest BCUT2D eigenvalue weighted by Gasteiger charge is 2.10. The zero-order valence-corrected chi connectivity index (χ0v) is 10.2. The smallest absolute Gasteiger partial charge is 0.109 e. The standard InChI is InChI=1S/C12H13BrN2/c1-15-8-7-14-12(15)9-11(13)10-5-3-2-4-6-10/h2-8,11H,9H2,1H3. The van der Waals surface area contributed by atoms with Crippen LogP contribution in [0.4, 0.5) is 0 Å². The molecule has 0 N–H and O–H groups in total. The minimum absolute atomic E-state index is 0.333. The molecule has 1 aromatic carbocycles. The summed E-state index contributed by atoms with van der Waals surface area (Å²) in [5, 5.41) is 0. The van der Waals surface area contributed by atoms with E-state index in [4.69, 9.17) is 0 Å². The molecule has 2 nitrogen and oxygen atoms in total. The summed E-state index contributed by atoms with van der Waals surface area (Å²) in [5.74, 6) is 1.10. The van der Waals surface area contributed by atoms with Crippen LogP contribution in [0.25, 0.3) is 0 Å². The largest absolute Gasteiger partial charge is 0.338 e. The molecule has 0 fully saturated rings. The first-order chi connectivity index (χ1) is 7.27. The molecule has 2 rings (SSSR count). The van der Waals surface area contributed by atoms with Gasteiger partial charge < -0.3 is 4.57 Å². The van der Waals surface area contributed by atoms with Gasteiger partial charge in [0.05, 0.1) is 0 Å². The Bertz CT molecular complexity index is 422. The molecule has 3 heteroatoms. The highest BCUT2D eigenvalue weighted by Crippen LogP contribution is 2.25. The van der Waals surface area contributed by atoms with Crippen LogP contribution in [0, 0.1) is 0 Å². The summed E-state index contributed by atoms with van der Waals surface area (Å²) in [6, 6.07) is 10.4. The van der Waals surface area contributed by atoms with Gasteiger partial charge in [-0.3, -0.25) is 0 Å². The first kappa shape index (κ1) is 10.4. The lowest BCUT2D eigenvalue weighted by atomic mass is 10.1. The van der Waals surface area contributed by atoms with Gasteiger partial charge in [0, 0.05) is 30.7 Å². The molecule has 0 radical (unpaired) electrons. The monoisotopic (exact) mass is 264 g/mol. The molecule has 0 aliphatic carbocycles. The van der Waals surface area contributed by atoms with Crippen molar-refractivity contribution in [2.24, 2.45) is 7.05 Å². The Morgan fingerprint density at radius 1 is 1.33 bits per heavy atom. The van der Waals surface area contributed by atoms with E-state index in [1.54, 1.807) is 0 Å². The van der Waals surface area contributed by atoms with E-state index in [-0.39, 0.29) is 0 Å². The molecular weight excluding hydrogens is 252 g/mol. The Balaban J connectivity index is 2.11. The average Bonchev–Trinajstić information content (AvgIpc) is 2.66. The van der Waals surface area contributed by atoms with Crippen molar-refractivity contribution < 1.29 is 0 Å². The first-order valence-electron chi connectivity index (χ1n) is 4.92. The summed E-state index contributed by atoms with van der Waals surface area (Å²) in [6.07, 6.45) is 4.72. The van der Waals surface area contributed by atoms with Crippen molar-refractivity contribution in [2.75, 3.05) is 0 Å². The average molecular weight is 265 g/mol. The second-order valence-corrected chi connectivity index (χ2v) is 4.64. The SMILES string of the molecule is Cn1ccnc1CC(Br)c1ccccc1. The van der Waals surface area contributed by atoms with Crippen LogP contribution < -0.4 is 0 Å². The third-order valence-corrected chi connectivity index (χ3v) is 3.30. The topological polar surface area (TPSA) is 17.8 Å². The van der Waals surface area contributed by atoms with Crippen molar-refractivity contribution >= 4 is 15.9 Å². The summed E-state index contributed by atoms with van der Waals surface area (Å²) in [6.45, 7) is 0. The summed E-state index contributed by atoms with van der Waals surface area (Å²) in [4.78, 5) is 4.65. The van der Waals surface area contributed by atoms with Gasteiger partial charge in [0.2, 0.25) is 0 Å². The molecule has 0 bridgehead atoms. The molecule has 0 saturated heterocycles. The van der Waals surface area contributed by atoms with Crippen LogP contribution in [-0.2, 0) is 13.5 Å². The van der Waals surface area contributed by atoms with Gasteiger partial charge in [0.1, 0.15) is 5.82 Å². The Labute approximate surface area is 98.1 Å². The molecule has 15 heavy (non-hydrogen) atoms. The fourth-order valence-corrected chi connectivity index (χ4v) is 2.13. The zero-order chi connectivity index (χ0) is 10.7. The van der Waals surface area contributed by atoms with E-state index in [0.717, 1.165) is 12.2 Å². The van der Waals surface area contributed by atoms with E-state index in [9.17, 15) is 0 Å². The number of hydrogen-bond acceptors (Lipinski definition) is 1. The van der Waals surface area contributed by atoms with E-state index >= 15 is 0 Å². The molecule has 0 saturated carbocycles. The Hall–Kier alpha value is -1.09. The van der Waals surface area contributed by atoms with Crippen molar-refractivity contribution in [3.63, 3.8) is 0 Å². The lowest BCUT2D eigenvalue weighted by Gasteiger charge is -2.09. The summed E-state index contributed by atoms with van der Waals surface area (Å²) in [7, 11) is 2.02. The number of halogens is 1. The molecule has 1 atom stereocenters. The lowest BCUT2D eigenvalue weighted by Crippen LogP contribution is -2.02. The van der Waals surface area contributed by atoms with E-state index in [1.165, 1.54) is 5.56 Å². The molecule has 78 valence electrons. The van der Waals surface area contributed by atoms with Gasteiger partial charge in [0.15, 0.2) is 0 Å². The van der Waals surface area contributed by atoms with Gasteiger partial charge in [0.25, 0.3) is 0 Å². The summed E-state index contributed by atoms with van der Waals surface area (Å²) in [5.41, 5.74) is 1.29. The van der Waals surface area contributed by atoms with Gasteiger partial charge in [-0.2, -0.15) is 0 Å². The predicted octanol–water partition coefficient (Wildman–Crippen LogP) is 3.10. The van der Waals surface area contributed by atoms with Crippen molar-refractivity contribution in [1.82, 2.24) is 9.55 Å². The fourth-order valence-electron chi connectivity index (χ4n) is 1.53. The molecule has 0 aliphatic heterocycles. The predicted molar refractivity (Wildman–Crippen MR) is 65.0 cm³/mol. The van der Waals surface area contributed by atoms with Crippen LogP contribution in [-0.4, -0.2) is 9.55 Å². The van der Waals surface area contributed by atoms with Crippen LogP contribution >= 0.6 is 15.9 Å². The maximum absolute atomic E-state index is 4.31. The maximum atomic E-state index is 4.31. The van der Waals surface area contributed by atoms with Crippen LogP contribution in [0.2, 0.25) is 0 Å². The van der Waals surface area contributed by atoms with E-state index in [1.807, 2.05) is 25.5 Å². The van der Waals surface area contributed by atoms with Crippen molar-refractivity contribution in [3.05, 3.63) is 54.1 Å². The highest BCUT2D eigenvalue weighted by atomic mass is 79.9. The van der Waals surface area contributed by atoms with E-state index in [2.05, 4.69) is 49.7 Å². The molecule has 2 aromatic rings. The lowest BCUT2D eigenvalue weighted by molar-refractivity contribution is 0.768. The van der Waals surface area contributed by atoms with Crippen LogP contribution in [0.1, 0.15) is 16.2 Å². The minimum Gasteiger partial charge on any atom is -0.338 e. The third-order valence-electron chi connectivity index (χ3n) is 2.44. The molecule has 1 unspecified atom stereocenters. The molecule has 1 heterocycles. The molecule has 0 amide bonds. The number of hydrogen-bond donors (Lipinski definition) is 0. The summed E-state index contributed by atoms with van der Waals surface area (Å²) >= 11 is 3.69. The van der Waals surface area contributed by atoms with Gasteiger partial charge in [-0.25, -0.2) is 4.98 Å². The molecule has 0 aliphatic rings. The van der Waals surface area contributed by atoms with Gasteiger partial charge in [-0.1, -0.05) is 46.3 Å². The second kappa shape index (κ2) is 4.62. The quantitative estimate of drug-likeness (QED) is 0.780. The number of rotatable bonds is 3. The third kappa shape index (κ3) is 2.48. The Morgan fingerprint density at radius 3 is 2.67 bits per heavy atom. The zero-order valence-electron chi connectivity index (χ0n) is 8.60. The van der Waals surface area contributed by atoms with Crippen molar-refractivity contribution in [1.29, 1.82) is 0 Å². The minimum atomic E-state index is 0.333. The molecule has 0 spiro atoms. The second-order valence-electron chi connectivity index (χ2n) is 3.54. The maximum Gasteiger partial charge on any atom is 0.109 e. The normalized spacial score (nSPS) is 12.7. The van der Waals surface area contributed by atoms with Crippen molar-refractivity contribution in [2.45, 2.75) is 11.2 Å². The van der Waals surface area contributed by atoms with Gasteiger partial charge in [-0.15, -0.1) is 0 Å². The van der Waals surface area contributed by atoms with Gasteiger partial charge >= 0.3 is 0 Å². The first-order valence-corrected chi connectivity index (χ1v) is 5.84. The molecular formula is C12H13BrN2. The number of benzene rings is 1. The van der Waals surface area contributed by atoms with Crippen LogP contribution in [0.3, 0.4) is 0 Å². The highest BCUT2D eigenvalue weighted by molar-refractivity contribution is 9.09. The number of nitrogens with zero attached hydrogens (tertiary/aromatic N) is 2. The number of aryl methyl sites for hydroxylation is 1. The van der Waals surface area contributed by atoms with Crippen molar-refractivity contribution in [3.8, 4) is 0 Å². The van der Waals surface area contributed by atoms with Crippen LogP contribution in [0.15, 0.2) is 42.7 Å².